The first-order chi connectivity index (χ1) is 11.2. The summed E-state index contributed by atoms with van der Waals surface area (Å²) >= 11 is 5.77. The van der Waals surface area contributed by atoms with Crippen molar-refractivity contribution >= 4 is 27.3 Å². The molecule has 128 valence electrons. The van der Waals surface area contributed by atoms with E-state index in [0.29, 0.717) is 13.1 Å². The third-order valence-corrected chi connectivity index (χ3v) is 6.64. The minimum Gasteiger partial charge on any atom is -0.346 e. The van der Waals surface area contributed by atoms with E-state index in [1.807, 2.05) is 26.0 Å². The highest BCUT2D eigenvalue weighted by Crippen LogP contribution is 2.34. The largest absolute Gasteiger partial charge is 0.346 e. The van der Waals surface area contributed by atoms with Crippen molar-refractivity contribution in [1.29, 1.82) is 0 Å². The average molecular weight is 370 g/mol. The summed E-state index contributed by atoms with van der Waals surface area (Å²) < 4.78 is 29.4. The van der Waals surface area contributed by atoms with Gasteiger partial charge in [0.2, 0.25) is 10.0 Å². The zero-order chi connectivity index (χ0) is 17.6. The molecular weight excluding hydrogens is 354 g/mol. The van der Waals surface area contributed by atoms with E-state index < -0.39 is 20.6 Å². The van der Waals surface area contributed by atoms with E-state index >= 15 is 0 Å². The Hall–Kier alpha value is -1.90. The van der Waals surface area contributed by atoms with Crippen LogP contribution in [0.1, 0.15) is 24.4 Å². The van der Waals surface area contributed by atoms with Gasteiger partial charge in [-0.05, 0) is 38.1 Å². The van der Waals surface area contributed by atoms with Gasteiger partial charge in [0.05, 0.1) is 15.9 Å². The lowest BCUT2D eigenvalue weighted by molar-refractivity contribution is -0.384. The molecule has 0 saturated heterocycles. The van der Waals surface area contributed by atoms with E-state index in [-0.39, 0.29) is 16.0 Å². The maximum atomic E-state index is 13.0. The average Bonchev–Trinajstić information content (AvgIpc) is 2.89. The van der Waals surface area contributed by atoms with Crippen LogP contribution in [0.2, 0.25) is 5.02 Å². The van der Waals surface area contributed by atoms with Gasteiger partial charge in [-0.2, -0.15) is 4.31 Å². The van der Waals surface area contributed by atoms with Crippen molar-refractivity contribution in [2.75, 3.05) is 6.54 Å². The van der Waals surface area contributed by atoms with Crippen LogP contribution in [0.15, 0.2) is 35.2 Å². The Kier molecular flexibility index (Phi) is 4.15. The number of nitro groups is 1. The second-order valence-corrected chi connectivity index (χ2v) is 8.01. The first-order valence-electron chi connectivity index (χ1n) is 7.35. The fourth-order valence-electron chi connectivity index (χ4n) is 3.06. The molecule has 0 N–H and O–H groups in total. The van der Waals surface area contributed by atoms with Crippen LogP contribution in [0.4, 0.5) is 5.69 Å². The van der Waals surface area contributed by atoms with Gasteiger partial charge < -0.3 is 4.57 Å². The van der Waals surface area contributed by atoms with Gasteiger partial charge in [0.15, 0.2) is 0 Å². The van der Waals surface area contributed by atoms with Gasteiger partial charge in [-0.3, -0.25) is 10.1 Å². The van der Waals surface area contributed by atoms with E-state index in [2.05, 4.69) is 4.57 Å². The van der Waals surface area contributed by atoms with Crippen LogP contribution in [0.25, 0.3) is 0 Å². The third kappa shape index (κ3) is 2.60. The molecule has 9 heteroatoms. The van der Waals surface area contributed by atoms with Gasteiger partial charge in [0.25, 0.3) is 5.69 Å². The maximum Gasteiger partial charge on any atom is 0.289 e. The molecule has 3 rings (SSSR count). The first kappa shape index (κ1) is 16.9. The number of aromatic nitrogens is 1. The fraction of sp³-hybridized carbons (Fsp3) is 0.333. The predicted molar refractivity (Wildman–Crippen MR) is 89.6 cm³/mol. The molecule has 0 fully saturated rings. The molecular formula is C15H16ClN3O4S. The Morgan fingerprint density at radius 3 is 2.62 bits per heavy atom. The predicted octanol–water partition coefficient (Wildman–Crippen LogP) is 3.12. The number of nitro benzene ring substituents is 1. The van der Waals surface area contributed by atoms with Crippen LogP contribution < -0.4 is 0 Å². The quantitative estimate of drug-likeness (QED) is 0.614. The summed E-state index contributed by atoms with van der Waals surface area (Å²) in [5.74, 6) is 0. The van der Waals surface area contributed by atoms with E-state index in [0.717, 1.165) is 17.5 Å². The number of benzene rings is 1. The van der Waals surface area contributed by atoms with Crippen LogP contribution in [0, 0.1) is 17.0 Å². The number of aryl methyl sites for hydroxylation is 1. The summed E-state index contributed by atoms with van der Waals surface area (Å²) in [4.78, 5) is 10.2. The topological polar surface area (TPSA) is 85.5 Å². The molecule has 1 aliphatic heterocycles. The highest BCUT2D eigenvalue weighted by atomic mass is 35.5. The van der Waals surface area contributed by atoms with Crippen molar-refractivity contribution in [2.24, 2.45) is 0 Å². The molecule has 0 unspecified atom stereocenters. The lowest BCUT2D eigenvalue weighted by atomic mass is 10.2. The lowest BCUT2D eigenvalue weighted by Crippen LogP contribution is -2.41. The van der Waals surface area contributed by atoms with Gasteiger partial charge in [-0.1, -0.05) is 11.6 Å². The van der Waals surface area contributed by atoms with E-state index in [1.54, 1.807) is 0 Å². The number of fused-ring (bicyclic) bond motifs is 1. The minimum absolute atomic E-state index is 0.0878. The second-order valence-electron chi connectivity index (χ2n) is 5.71. The molecule has 0 aliphatic carbocycles. The molecule has 1 aliphatic rings. The van der Waals surface area contributed by atoms with Crippen molar-refractivity contribution in [1.82, 2.24) is 8.87 Å². The molecule has 2 aromatic rings. The number of sulfonamides is 1. The smallest absolute Gasteiger partial charge is 0.289 e. The van der Waals surface area contributed by atoms with Crippen molar-refractivity contribution in [3.8, 4) is 0 Å². The molecule has 0 radical (unpaired) electrons. The van der Waals surface area contributed by atoms with Gasteiger partial charge >= 0.3 is 0 Å². The molecule has 24 heavy (non-hydrogen) atoms. The van der Waals surface area contributed by atoms with Gasteiger partial charge in [0.1, 0.15) is 5.02 Å². The number of halogens is 1. The normalized spacial score (nSPS) is 18.4. The van der Waals surface area contributed by atoms with Crippen molar-refractivity contribution < 1.29 is 13.3 Å². The zero-order valence-electron chi connectivity index (χ0n) is 13.1. The molecule has 0 amide bonds. The summed E-state index contributed by atoms with van der Waals surface area (Å²) in [5.41, 5.74) is 1.57. The lowest BCUT2D eigenvalue weighted by Gasteiger charge is -2.34. The standard InChI is InChI=1S/C15H16ClN3O4S/c1-10-3-6-14-11(2)18(8-7-17(10)14)24(22,23)12-4-5-13(16)15(9-12)19(20)21/h3-6,9,11H,7-8H2,1-2H3/t11-/m1/s1. The molecule has 0 saturated carbocycles. The Balaban J connectivity index is 2.03. The number of nitrogens with zero attached hydrogens (tertiary/aromatic N) is 3. The molecule has 1 atom stereocenters. The van der Waals surface area contributed by atoms with Crippen molar-refractivity contribution in [3.05, 3.63) is 56.9 Å². The van der Waals surface area contributed by atoms with Crippen molar-refractivity contribution in [3.63, 3.8) is 0 Å². The molecule has 7 nitrogen and oxygen atoms in total. The summed E-state index contributed by atoms with van der Waals surface area (Å²) in [6.45, 7) is 4.64. The number of hydrogen-bond acceptors (Lipinski definition) is 4. The van der Waals surface area contributed by atoms with Crippen LogP contribution in [-0.2, 0) is 16.6 Å². The fourth-order valence-corrected chi connectivity index (χ4v) is 4.86. The Morgan fingerprint density at radius 1 is 1.25 bits per heavy atom. The second kappa shape index (κ2) is 5.87. The van der Waals surface area contributed by atoms with E-state index in [1.165, 1.54) is 16.4 Å². The Bertz CT molecular complexity index is 923. The van der Waals surface area contributed by atoms with Crippen LogP contribution in [-0.4, -0.2) is 28.8 Å². The van der Waals surface area contributed by atoms with Crippen molar-refractivity contribution in [2.45, 2.75) is 31.3 Å². The third-order valence-electron chi connectivity index (χ3n) is 4.36. The zero-order valence-corrected chi connectivity index (χ0v) is 14.7. The van der Waals surface area contributed by atoms with Gasteiger partial charge in [-0.25, -0.2) is 8.42 Å². The Morgan fingerprint density at radius 2 is 1.96 bits per heavy atom. The summed E-state index contributed by atoms with van der Waals surface area (Å²) in [5, 5.41) is 10.9. The number of hydrogen-bond donors (Lipinski definition) is 0. The van der Waals surface area contributed by atoms with E-state index in [4.69, 9.17) is 11.6 Å². The maximum absolute atomic E-state index is 13.0. The summed E-state index contributed by atoms with van der Waals surface area (Å²) in [7, 11) is -3.86. The summed E-state index contributed by atoms with van der Waals surface area (Å²) in [6, 6.07) is 7.07. The van der Waals surface area contributed by atoms with E-state index in [9.17, 15) is 18.5 Å². The SMILES string of the molecule is Cc1ccc2n1CCN(S(=O)(=O)c1ccc(Cl)c([N+](=O)[O-])c1)[C@@H]2C. The highest BCUT2D eigenvalue weighted by Gasteiger charge is 2.35. The van der Waals surface area contributed by atoms with Crippen LogP contribution in [0.5, 0.6) is 0 Å². The van der Waals surface area contributed by atoms with Crippen LogP contribution in [0.3, 0.4) is 0 Å². The molecule has 0 spiro atoms. The minimum atomic E-state index is -3.86. The summed E-state index contributed by atoms with van der Waals surface area (Å²) in [6.07, 6.45) is 0. The molecule has 1 aromatic carbocycles. The van der Waals surface area contributed by atoms with Gasteiger partial charge in [-0.15, -0.1) is 0 Å². The van der Waals surface area contributed by atoms with Gasteiger partial charge in [0, 0.05) is 30.5 Å². The first-order valence-corrected chi connectivity index (χ1v) is 9.17. The number of rotatable bonds is 3. The van der Waals surface area contributed by atoms with Crippen LogP contribution >= 0.6 is 11.6 Å². The molecule has 2 heterocycles. The highest BCUT2D eigenvalue weighted by molar-refractivity contribution is 7.89. The molecule has 1 aromatic heterocycles. The monoisotopic (exact) mass is 369 g/mol. The molecule has 0 bridgehead atoms. The Labute approximate surface area is 144 Å².